The van der Waals surface area contributed by atoms with Gasteiger partial charge in [-0.05, 0) is 49.9 Å². The predicted octanol–water partition coefficient (Wildman–Crippen LogP) is 6.05. The van der Waals surface area contributed by atoms with Crippen molar-refractivity contribution < 1.29 is 9.53 Å². The smallest absolute Gasteiger partial charge is 0.306 e. The molecule has 1 aliphatic rings. The first-order chi connectivity index (χ1) is 10.4. The predicted molar refractivity (Wildman–Crippen MR) is 93.8 cm³/mol. The minimum atomic E-state index is 0.0153. The Morgan fingerprint density at radius 3 is 2.41 bits per heavy atom. The summed E-state index contributed by atoms with van der Waals surface area (Å²) in [6.07, 6.45) is 14.3. The van der Waals surface area contributed by atoms with Gasteiger partial charge >= 0.3 is 5.97 Å². The fourth-order valence-corrected chi connectivity index (χ4v) is 3.86. The van der Waals surface area contributed by atoms with Crippen molar-refractivity contribution in [3.8, 4) is 0 Å². The molecular weight excluding hydrogens is 272 g/mol. The zero-order chi connectivity index (χ0) is 16.4. The van der Waals surface area contributed by atoms with Crippen LogP contribution in [0.4, 0.5) is 0 Å². The van der Waals surface area contributed by atoms with Crippen LogP contribution in [0.15, 0.2) is 12.7 Å². The van der Waals surface area contributed by atoms with E-state index in [4.69, 9.17) is 4.74 Å². The van der Waals surface area contributed by atoms with Crippen molar-refractivity contribution in [1.82, 2.24) is 0 Å². The van der Waals surface area contributed by atoms with Gasteiger partial charge in [-0.3, -0.25) is 4.79 Å². The van der Waals surface area contributed by atoms with Crippen LogP contribution < -0.4 is 0 Å². The molecule has 0 heterocycles. The normalized spacial score (nSPS) is 24.0. The number of esters is 1. The quantitative estimate of drug-likeness (QED) is 0.279. The van der Waals surface area contributed by atoms with E-state index in [1.54, 1.807) is 0 Å². The number of carbonyl (C=O) groups excluding carboxylic acids is 1. The van der Waals surface area contributed by atoms with Gasteiger partial charge in [0.05, 0.1) is 0 Å². The molecule has 1 saturated carbocycles. The number of hydrogen-bond donors (Lipinski definition) is 0. The number of unbranched alkanes of at least 4 members (excludes halogenated alkanes) is 6. The highest BCUT2D eigenvalue weighted by Crippen LogP contribution is 2.39. The van der Waals surface area contributed by atoms with Crippen LogP contribution in [0.5, 0.6) is 0 Å². The molecular formula is C20H36O2. The van der Waals surface area contributed by atoms with Crippen molar-refractivity contribution >= 4 is 5.97 Å². The third kappa shape index (κ3) is 8.60. The Bertz CT molecular complexity index is 333. The highest BCUT2D eigenvalue weighted by Gasteiger charge is 2.33. The summed E-state index contributed by atoms with van der Waals surface area (Å²) < 4.78 is 5.71. The van der Waals surface area contributed by atoms with Gasteiger partial charge in [-0.15, -0.1) is 6.58 Å². The van der Waals surface area contributed by atoms with Crippen LogP contribution in [0.1, 0.15) is 91.4 Å². The molecule has 128 valence electrons. The topological polar surface area (TPSA) is 26.3 Å². The molecule has 0 aromatic carbocycles. The first kappa shape index (κ1) is 19.3. The molecule has 0 aromatic rings. The molecule has 0 bridgehead atoms. The molecule has 22 heavy (non-hydrogen) atoms. The van der Waals surface area contributed by atoms with Crippen LogP contribution in [0.2, 0.25) is 0 Å². The van der Waals surface area contributed by atoms with E-state index >= 15 is 0 Å². The standard InChI is InChI=1S/C20H36O2/c1-5-6-7-8-9-10-11-12-13-19(21)22-18-14-17(2)15-20(3,4)16-18/h5,17-18H,1,6-16H2,2-4H3. The van der Waals surface area contributed by atoms with E-state index in [2.05, 4.69) is 27.4 Å². The number of allylic oxidation sites excluding steroid dienone is 1. The van der Waals surface area contributed by atoms with Gasteiger partial charge in [-0.25, -0.2) is 0 Å². The third-order valence-corrected chi connectivity index (χ3v) is 4.68. The summed E-state index contributed by atoms with van der Waals surface area (Å²) in [5, 5.41) is 0. The van der Waals surface area contributed by atoms with Crippen LogP contribution >= 0.6 is 0 Å². The molecule has 0 amide bonds. The lowest BCUT2D eigenvalue weighted by atomic mass is 9.71. The van der Waals surface area contributed by atoms with E-state index in [0.29, 0.717) is 17.8 Å². The van der Waals surface area contributed by atoms with Gasteiger partial charge in [0.25, 0.3) is 0 Å². The number of rotatable bonds is 10. The molecule has 1 aliphatic carbocycles. The molecule has 1 rings (SSSR count). The van der Waals surface area contributed by atoms with Crippen LogP contribution in [0.3, 0.4) is 0 Å². The van der Waals surface area contributed by atoms with Crippen molar-refractivity contribution in [2.24, 2.45) is 11.3 Å². The van der Waals surface area contributed by atoms with Crippen LogP contribution in [-0.4, -0.2) is 12.1 Å². The van der Waals surface area contributed by atoms with Crippen molar-refractivity contribution in [3.05, 3.63) is 12.7 Å². The molecule has 0 aromatic heterocycles. The Morgan fingerprint density at radius 2 is 1.77 bits per heavy atom. The molecule has 1 fully saturated rings. The maximum atomic E-state index is 12.0. The number of hydrogen-bond acceptors (Lipinski definition) is 2. The largest absolute Gasteiger partial charge is 0.462 e. The molecule has 2 atom stereocenters. The summed E-state index contributed by atoms with van der Waals surface area (Å²) in [6.45, 7) is 10.6. The van der Waals surface area contributed by atoms with Crippen molar-refractivity contribution in [1.29, 1.82) is 0 Å². The highest BCUT2D eigenvalue weighted by molar-refractivity contribution is 5.69. The maximum absolute atomic E-state index is 12.0. The molecule has 0 N–H and O–H groups in total. The Hall–Kier alpha value is -0.790. The van der Waals surface area contributed by atoms with Gasteiger partial charge in [0.2, 0.25) is 0 Å². The fourth-order valence-electron chi connectivity index (χ4n) is 3.86. The SMILES string of the molecule is C=CCCCCCCCCC(=O)OC1CC(C)CC(C)(C)C1. The van der Waals surface area contributed by atoms with Gasteiger partial charge in [0.15, 0.2) is 0 Å². The Labute approximate surface area is 137 Å². The number of ether oxygens (including phenoxy) is 1. The fraction of sp³-hybridized carbons (Fsp3) is 0.850. The first-order valence-corrected chi connectivity index (χ1v) is 9.23. The van der Waals surface area contributed by atoms with E-state index < -0.39 is 0 Å². The van der Waals surface area contributed by atoms with Crippen molar-refractivity contribution in [2.45, 2.75) is 97.5 Å². The minimum Gasteiger partial charge on any atom is -0.462 e. The second-order valence-electron chi connectivity index (χ2n) is 7.97. The second-order valence-corrected chi connectivity index (χ2v) is 7.97. The zero-order valence-corrected chi connectivity index (χ0v) is 15.0. The maximum Gasteiger partial charge on any atom is 0.306 e. The zero-order valence-electron chi connectivity index (χ0n) is 15.0. The average molecular weight is 309 g/mol. The van der Waals surface area contributed by atoms with Gasteiger partial charge in [-0.1, -0.05) is 52.5 Å². The summed E-state index contributed by atoms with van der Waals surface area (Å²) in [4.78, 5) is 12.0. The second kappa shape index (κ2) is 10.1. The van der Waals surface area contributed by atoms with Crippen LogP contribution in [0, 0.1) is 11.3 Å². The molecule has 0 spiro atoms. The monoisotopic (exact) mass is 308 g/mol. The summed E-state index contributed by atoms with van der Waals surface area (Å²) in [6, 6.07) is 0. The molecule has 2 nitrogen and oxygen atoms in total. The van der Waals surface area contributed by atoms with Crippen molar-refractivity contribution in [3.63, 3.8) is 0 Å². The molecule has 0 aliphatic heterocycles. The van der Waals surface area contributed by atoms with Gasteiger partial charge in [0, 0.05) is 6.42 Å². The average Bonchev–Trinajstić information content (AvgIpc) is 2.39. The lowest BCUT2D eigenvalue weighted by Crippen LogP contribution is -2.33. The Balaban J connectivity index is 2.07. The van der Waals surface area contributed by atoms with E-state index in [1.807, 2.05) is 6.08 Å². The Morgan fingerprint density at radius 1 is 1.14 bits per heavy atom. The van der Waals surface area contributed by atoms with E-state index in [0.717, 1.165) is 32.1 Å². The van der Waals surface area contributed by atoms with E-state index in [9.17, 15) is 4.79 Å². The number of carbonyl (C=O) groups is 1. The summed E-state index contributed by atoms with van der Waals surface area (Å²) in [5.41, 5.74) is 0.314. The lowest BCUT2D eigenvalue weighted by Gasteiger charge is -2.38. The molecule has 2 unspecified atom stereocenters. The van der Waals surface area contributed by atoms with Crippen LogP contribution in [0.25, 0.3) is 0 Å². The molecule has 2 heteroatoms. The van der Waals surface area contributed by atoms with Crippen molar-refractivity contribution in [2.75, 3.05) is 0 Å². The van der Waals surface area contributed by atoms with Gasteiger partial charge in [0.1, 0.15) is 6.10 Å². The lowest BCUT2D eigenvalue weighted by molar-refractivity contribution is -0.153. The van der Waals surface area contributed by atoms with Gasteiger partial charge in [-0.2, -0.15) is 0 Å². The summed E-state index contributed by atoms with van der Waals surface area (Å²) in [7, 11) is 0. The highest BCUT2D eigenvalue weighted by atomic mass is 16.5. The minimum absolute atomic E-state index is 0.0153. The molecule has 0 saturated heterocycles. The third-order valence-electron chi connectivity index (χ3n) is 4.68. The van der Waals surface area contributed by atoms with Gasteiger partial charge < -0.3 is 4.74 Å². The first-order valence-electron chi connectivity index (χ1n) is 9.23. The van der Waals surface area contributed by atoms with E-state index in [-0.39, 0.29) is 12.1 Å². The van der Waals surface area contributed by atoms with Crippen LogP contribution in [-0.2, 0) is 9.53 Å². The van der Waals surface area contributed by atoms with E-state index in [1.165, 1.54) is 32.1 Å². The summed E-state index contributed by atoms with van der Waals surface area (Å²) >= 11 is 0. The molecule has 0 radical (unpaired) electrons. The summed E-state index contributed by atoms with van der Waals surface area (Å²) in [5.74, 6) is 0.679. The Kier molecular flexibility index (Phi) is 8.82.